The van der Waals surface area contributed by atoms with E-state index in [1.165, 1.54) is 22.2 Å². The number of anilines is 1. The van der Waals surface area contributed by atoms with Gasteiger partial charge in [-0.3, -0.25) is 4.99 Å². The second-order valence-electron chi connectivity index (χ2n) is 7.76. The van der Waals surface area contributed by atoms with Crippen LogP contribution in [0.15, 0.2) is 59.7 Å². The Morgan fingerprint density at radius 2 is 1.97 bits per heavy atom. The number of guanidine groups is 1. The minimum Gasteiger partial charge on any atom is -0.495 e. The molecule has 1 aromatic heterocycles. The van der Waals surface area contributed by atoms with Crippen LogP contribution >= 0.6 is 24.0 Å². The molecule has 0 saturated carbocycles. The molecule has 31 heavy (non-hydrogen) atoms. The van der Waals surface area contributed by atoms with Crippen LogP contribution in [0.1, 0.15) is 12.0 Å². The number of aliphatic imine (C=N–C) groups is 1. The lowest BCUT2D eigenvalue weighted by Gasteiger charge is -2.21. The summed E-state index contributed by atoms with van der Waals surface area (Å²) in [5.74, 6) is 2.40. The number of halogens is 1. The molecule has 1 aliphatic rings. The maximum absolute atomic E-state index is 5.52. The summed E-state index contributed by atoms with van der Waals surface area (Å²) < 4.78 is 5.52. The van der Waals surface area contributed by atoms with Crippen LogP contribution in [-0.4, -0.2) is 51.3 Å². The Bertz CT molecular complexity index is 1000. The van der Waals surface area contributed by atoms with Crippen molar-refractivity contribution < 1.29 is 4.74 Å². The molecule has 1 fully saturated rings. The van der Waals surface area contributed by atoms with E-state index in [4.69, 9.17) is 4.74 Å². The van der Waals surface area contributed by atoms with Gasteiger partial charge in [-0.2, -0.15) is 0 Å². The summed E-state index contributed by atoms with van der Waals surface area (Å²) in [5, 5.41) is 8.25. The largest absolute Gasteiger partial charge is 0.495 e. The molecule has 1 atom stereocenters. The van der Waals surface area contributed by atoms with Crippen molar-refractivity contribution in [3.8, 4) is 5.75 Å². The second-order valence-corrected chi connectivity index (χ2v) is 7.76. The van der Waals surface area contributed by atoms with Crippen LogP contribution in [0, 0.1) is 5.92 Å². The van der Waals surface area contributed by atoms with E-state index in [2.05, 4.69) is 68.1 Å². The van der Waals surface area contributed by atoms with Gasteiger partial charge in [0.2, 0.25) is 0 Å². The first-order valence-corrected chi connectivity index (χ1v) is 10.7. The number of hydrogen-bond acceptors (Lipinski definition) is 3. The molecule has 0 bridgehead atoms. The molecule has 1 unspecified atom stereocenters. The normalized spacial score (nSPS) is 16.3. The number of methoxy groups -OCH3 is 1. The first-order valence-electron chi connectivity index (χ1n) is 10.7. The second kappa shape index (κ2) is 11.3. The van der Waals surface area contributed by atoms with Crippen molar-refractivity contribution in [3.05, 3.63) is 60.3 Å². The van der Waals surface area contributed by atoms with Crippen LogP contribution < -0.4 is 20.3 Å². The lowest BCUT2D eigenvalue weighted by Crippen LogP contribution is -2.41. The lowest BCUT2D eigenvalue weighted by atomic mass is 10.1. The number of ether oxygens (including phenoxy) is 1. The first kappa shape index (κ1) is 23.2. The van der Waals surface area contributed by atoms with E-state index in [0.29, 0.717) is 5.92 Å². The quantitative estimate of drug-likeness (QED) is 0.244. The number of H-pyrrole nitrogens is 1. The fourth-order valence-electron chi connectivity index (χ4n) is 4.22. The Kier molecular flexibility index (Phi) is 8.45. The first-order chi connectivity index (χ1) is 14.8. The topological polar surface area (TPSA) is 64.7 Å². The Balaban J connectivity index is 0.00000272. The van der Waals surface area contributed by atoms with Crippen LogP contribution in [0.3, 0.4) is 0 Å². The van der Waals surface area contributed by atoms with Crippen LogP contribution in [0.25, 0.3) is 10.9 Å². The number of aromatic amines is 1. The highest BCUT2D eigenvalue weighted by atomic mass is 127. The van der Waals surface area contributed by atoms with Gasteiger partial charge in [0, 0.05) is 50.3 Å². The van der Waals surface area contributed by atoms with Gasteiger partial charge in [-0.15, -0.1) is 24.0 Å². The fourth-order valence-corrected chi connectivity index (χ4v) is 4.22. The molecule has 0 spiro atoms. The molecule has 2 aromatic carbocycles. The average Bonchev–Trinajstić information content (AvgIpc) is 3.43. The third-order valence-corrected chi connectivity index (χ3v) is 5.86. The zero-order chi connectivity index (χ0) is 20.8. The minimum absolute atomic E-state index is 0. The number of fused-ring (bicyclic) bond motifs is 1. The number of nitrogens with one attached hydrogen (secondary N) is 3. The highest BCUT2D eigenvalue weighted by Gasteiger charge is 2.24. The van der Waals surface area contributed by atoms with Gasteiger partial charge in [0.25, 0.3) is 0 Å². The molecule has 7 heteroatoms. The van der Waals surface area contributed by atoms with Crippen LogP contribution in [-0.2, 0) is 6.42 Å². The number of benzene rings is 2. The molecule has 6 nitrogen and oxygen atoms in total. The van der Waals surface area contributed by atoms with Gasteiger partial charge in [-0.1, -0.05) is 30.3 Å². The van der Waals surface area contributed by atoms with Gasteiger partial charge in [0.15, 0.2) is 5.96 Å². The van der Waals surface area contributed by atoms with E-state index in [9.17, 15) is 0 Å². The predicted molar refractivity (Wildman–Crippen MR) is 140 cm³/mol. The summed E-state index contributed by atoms with van der Waals surface area (Å²) in [5.41, 5.74) is 3.70. The number of nitrogens with zero attached hydrogens (tertiary/aromatic N) is 2. The van der Waals surface area contributed by atoms with E-state index in [1.807, 2.05) is 19.2 Å². The fraction of sp³-hybridized carbons (Fsp3) is 0.375. The van der Waals surface area contributed by atoms with Gasteiger partial charge in [-0.25, -0.2) is 0 Å². The lowest BCUT2D eigenvalue weighted by molar-refractivity contribution is 0.414. The smallest absolute Gasteiger partial charge is 0.190 e. The number of para-hydroxylation sites is 3. The Labute approximate surface area is 201 Å². The summed E-state index contributed by atoms with van der Waals surface area (Å²) >= 11 is 0. The maximum Gasteiger partial charge on any atom is 0.190 e. The zero-order valence-electron chi connectivity index (χ0n) is 18.2. The highest BCUT2D eigenvalue weighted by molar-refractivity contribution is 14.0. The molecular weight excluding hydrogens is 501 g/mol. The van der Waals surface area contributed by atoms with E-state index in [-0.39, 0.29) is 24.0 Å². The molecule has 3 N–H and O–H groups in total. The number of rotatable bonds is 7. The standard InChI is InChI=1S/C24H31N5O.HI/c1-25-24(26-13-11-19-16-27-21-8-4-3-7-20(19)21)28-15-18-12-14-29(17-18)22-9-5-6-10-23(22)30-2;/h3-10,16,18,27H,11-15,17H2,1-2H3,(H2,25,26,28);1H. The molecule has 1 aliphatic heterocycles. The Hall–Kier alpha value is -2.42. The monoisotopic (exact) mass is 533 g/mol. The van der Waals surface area contributed by atoms with Crippen molar-refractivity contribution in [1.82, 2.24) is 15.6 Å². The van der Waals surface area contributed by atoms with Crippen molar-refractivity contribution in [2.45, 2.75) is 12.8 Å². The van der Waals surface area contributed by atoms with Gasteiger partial charge in [-0.05, 0) is 42.5 Å². The minimum atomic E-state index is 0. The van der Waals surface area contributed by atoms with Crippen LogP contribution in [0.5, 0.6) is 5.75 Å². The molecule has 166 valence electrons. The number of hydrogen-bond donors (Lipinski definition) is 3. The van der Waals surface area contributed by atoms with Gasteiger partial charge >= 0.3 is 0 Å². The van der Waals surface area contributed by atoms with Crippen molar-refractivity contribution in [2.24, 2.45) is 10.9 Å². The molecule has 2 heterocycles. The molecule has 0 radical (unpaired) electrons. The van der Waals surface area contributed by atoms with Crippen molar-refractivity contribution >= 4 is 46.5 Å². The van der Waals surface area contributed by atoms with E-state index in [1.54, 1.807) is 7.11 Å². The zero-order valence-corrected chi connectivity index (χ0v) is 20.6. The van der Waals surface area contributed by atoms with Crippen LogP contribution in [0.4, 0.5) is 5.69 Å². The van der Waals surface area contributed by atoms with Crippen LogP contribution in [0.2, 0.25) is 0 Å². The highest BCUT2D eigenvalue weighted by Crippen LogP contribution is 2.31. The summed E-state index contributed by atoms with van der Waals surface area (Å²) in [7, 11) is 3.57. The third-order valence-electron chi connectivity index (χ3n) is 5.86. The molecular formula is C24H32IN5O. The van der Waals surface area contributed by atoms with Crippen molar-refractivity contribution in [1.29, 1.82) is 0 Å². The van der Waals surface area contributed by atoms with Gasteiger partial charge < -0.3 is 25.3 Å². The summed E-state index contributed by atoms with van der Waals surface area (Å²) in [4.78, 5) is 10.1. The van der Waals surface area contributed by atoms with Crippen molar-refractivity contribution in [2.75, 3.05) is 45.2 Å². The average molecular weight is 533 g/mol. The molecule has 0 amide bonds. The molecule has 0 aliphatic carbocycles. The van der Waals surface area contributed by atoms with Gasteiger partial charge in [0.05, 0.1) is 12.8 Å². The number of aromatic nitrogens is 1. The Morgan fingerprint density at radius 1 is 1.16 bits per heavy atom. The summed E-state index contributed by atoms with van der Waals surface area (Å²) in [6, 6.07) is 16.7. The summed E-state index contributed by atoms with van der Waals surface area (Å²) in [6.07, 6.45) is 4.22. The predicted octanol–water partition coefficient (Wildman–Crippen LogP) is 4.03. The van der Waals surface area contributed by atoms with Gasteiger partial charge in [0.1, 0.15) is 5.75 Å². The molecule has 4 rings (SSSR count). The van der Waals surface area contributed by atoms with E-state index in [0.717, 1.165) is 50.7 Å². The third kappa shape index (κ3) is 5.64. The molecule has 3 aromatic rings. The Morgan fingerprint density at radius 3 is 2.81 bits per heavy atom. The summed E-state index contributed by atoms with van der Waals surface area (Å²) in [6.45, 7) is 3.84. The van der Waals surface area contributed by atoms with Crippen molar-refractivity contribution in [3.63, 3.8) is 0 Å². The van der Waals surface area contributed by atoms with E-state index >= 15 is 0 Å². The van der Waals surface area contributed by atoms with E-state index < -0.39 is 0 Å². The molecule has 1 saturated heterocycles. The maximum atomic E-state index is 5.52. The SMILES string of the molecule is CN=C(NCCc1c[nH]c2ccccc12)NCC1CCN(c2ccccc2OC)C1.I.